The van der Waals surface area contributed by atoms with E-state index in [9.17, 15) is 20.4 Å². The molecule has 2 spiro atoms. The molecule has 4 N–H and O–H groups in total. The fraction of sp³-hybridized carbons (Fsp3) is 1.00. The van der Waals surface area contributed by atoms with Crippen LogP contribution in [0.2, 0.25) is 0 Å². The van der Waals surface area contributed by atoms with Gasteiger partial charge in [-0.15, -0.1) is 0 Å². The lowest BCUT2D eigenvalue weighted by atomic mass is 9.41. The van der Waals surface area contributed by atoms with Gasteiger partial charge in [-0.25, -0.2) is 0 Å². The van der Waals surface area contributed by atoms with E-state index in [1.807, 2.05) is 13.8 Å². The lowest BCUT2D eigenvalue weighted by molar-refractivity contribution is -0.213. The minimum absolute atomic E-state index is 0.0267. The Bertz CT molecular complexity index is 911. The van der Waals surface area contributed by atoms with Gasteiger partial charge in [-0.2, -0.15) is 0 Å². The van der Waals surface area contributed by atoms with Gasteiger partial charge < -0.3 is 25.2 Å². The Labute approximate surface area is 212 Å². The van der Waals surface area contributed by atoms with Crippen LogP contribution in [-0.2, 0) is 4.74 Å². The third-order valence-electron chi connectivity index (χ3n) is 13.8. The summed E-state index contributed by atoms with van der Waals surface area (Å²) in [7, 11) is 0. The molecule has 5 aliphatic carbocycles. The number of ether oxygens (including phenoxy) is 1. The van der Waals surface area contributed by atoms with E-state index in [4.69, 9.17) is 4.74 Å². The van der Waals surface area contributed by atoms with Gasteiger partial charge in [0.15, 0.2) is 0 Å². The molecule has 12 atom stereocenters. The molecule has 5 heteroatoms. The van der Waals surface area contributed by atoms with Crippen LogP contribution < -0.4 is 0 Å². The summed E-state index contributed by atoms with van der Waals surface area (Å²) < 4.78 is 6.66. The van der Waals surface area contributed by atoms with E-state index in [0.717, 1.165) is 51.4 Å². The zero-order valence-corrected chi connectivity index (χ0v) is 23.1. The van der Waals surface area contributed by atoms with Gasteiger partial charge in [-0.1, -0.05) is 27.7 Å². The largest absolute Gasteiger partial charge is 0.393 e. The van der Waals surface area contributed by atoms with E-state index in [2.05, 4.69) is 34.6 Å². The lowest BCUT2D eigenvalue weighted by Crippen LogP contribution is -2.62. The van der Waals surface area contributed by atoms with Crippen LogP contribution in [0.15, 0.2) is 0 Å². The van der Waals surface area contributed by atoms with E-state index in [1.165, 1.54) is 6.42 Å². The summed E-state index contributed by atoms with van der Waals surface area (Å²) in [6.45, 7) is 15.0. The van der Waals surface area contributed by atoms with Crippen molar-refractivity contribution < 1.29 is 25.2 Å². The Morgan fingerprint density at radius 2 is 1.46 bits per heavy atom. The molecule has 1 heterocycles. The molecule has 0 aromatic heterocycles. The summed E-state index contributed by atoms with van der Waals surface area (Å²) in [5.41, 5.74) is -1.35. The first-order valence-electron chi connectivity index (χ1n) is 14.4. The molecule has 1 aliphatic heterocycles. The zero-order valence-electron chi connectivity index (χ0n) is 23.1. The fourth-order valence-corrected chi connectivity index (χ4v) is 12.1. The van der Waals surface area contributed by atoms with Gasteiger partial charge in [0.1, 0.15) is 0 Å². The molecule has 1 saturated heterocycles. The van der Waals surface area contributed by atoms with Gasteiger partial charge in [0.05, 0.1) is 35.6 Å². The average molecular weight is 491 g/mol. The summed E-state index contributed by atoms with van der Waals surface area (Å²) >= 11 is 0. The van der Waals surface area contributed by atoms with Crippen molar-refractivity contribution in [3.05, 3.63) is 0 Å². The number of hydrogen-bond acceptors (Lipinski definition) is 5. The van der Waals surface area contributed by atoms with E-state index in [1.54, 1.807) is 0 Å². The van der Waals surface area contributed by atoms with Crippen molar-refractivity contribution in [1.82, 2.24) is 0 Å². The average Bonchev–Trinajstić information content (AvgIpc) is 3.08. The second-order valence-electron chi connectivity index (χ2n) is 15.9. The van der Waals surface area contributed by atoms with Gasteiger partial charge in [-0.3, -0.25) is 0 Å². The van der Waals surface area contributed by atoms with Crippen molar-refractivity contribution >= 4 is 0 Å². The minimum Gasteiger partial charge on any atom is -0.393 e. The van der Waals surface area contributed by atoms with Gasteiger partial charge in [0, 0.05) is 5.92 Å². The van der Waals surface area contributed by atoms with Gasteiger partial charge in [0.25, 0.3) is 0 Å². The monoisotopic (exact) mass is 490 g/mol. The third kappa shape index (κ3) is 2.78. The minimum atomic E-state index is -0.886. The van der Waals surface area contributed by atoms with Gasteiger partial charge >= 0.3 is 0 Å². The smallest absolute Gasteiger partial charge is 0.0865 e. The molecular formula is C30H50O5. The maximum atomic E-state index is 11.7. The molecular weight excluding hydrogens is 440 g/mol. The first kappa shape index (κ1) is 25.1. The van der Waals surface area contributed by atoms with Crippen LogP contribution in [-0.4, -0.2) is 56.0 Å². The van der Waals surface area contributed by atoms with Gasteiger partial charge in [-0.05, 0) is 117 Å². The van der Waals surface area contributed by atoms with Crippen molar-refractivity contribution in [2.24, 2.45) is 44.8 Å². The molecule has 6 rings (SSSR count). The van der Waals surface area contributed by atoms with Crippen LogP contribution in [0.25, 0.3) is 0 Å². The molecule has 0 amide bonds. The SMILES string of the molecule is CC(C)(O)[C@H]1CC[C@@](C)([C@H]2[C@@H](O)C[C@@]3(C)[C@@H]4C[C@H](O)[C@H]5C(C)(C)[C@@H](O)CC[C@]56C[C@@]46CC[C@]23C)O1. The molecule has 0 aromatic carbocycles. The highest BCUT2D eigenvalue weighted by Gasteiger charge is 2.84. The van der Waals surface area contributed by atoms with Gasteiger partial charge in [0.2, 0.25) is 0 Å². The molecule has 5 saturated carbocycles. The van der Waals surface area contributed by atoms with E-state index < -0.39 is 23.4 Å². The first-order chi connectivity index (χ1) is 16.0. The van der Waals surface area contributed by atoms with E-state index >= 15 is 0 Å². The molecule has 0 aromatic rings. The van der Waals surface area contributed by atoms with Crippen LogP contribution in [0.5, 0.6) is 0 Å². The van der Waals surface area contributed by atoms with Crippen molar-refractivity contribution in [3.63, 3.8) is 0 Å². The molecule has 5 nitrogen and oxygen atoms in total. The molecule has 0 unspecified atom stereocenters. The Hall–Kier alpha value is -0.200. The highest BCUT2D eigenvalue weighted by Crippen LogP contribution is 2.89. The quantitative estimate of drug-likeness (QED) is 0.460. The van der Waals surface area contributed by atoms with Crippen LogP contribution in [0, 0.1) is 44.8 Å². The van der Waals surface area contributed by atoms with Crippen LogP contribution in [0.3, 0.4) is 0 Å². The standard InChI is InChI=1S/C30H50O5/c1-24(2)20(33)8-11-30-16-29(30)13-12-26(5)23(28(7)10-9-21(35-28)25(3,4)34)18(32)15-27(26,6)19(29)14-17(31)22(24)30/h17-23,31-34H,8-16H2,1-7H3/t17-,18-,19-,20-,21+,22-,23-,26+,27-,28-,29-,30-/m0/s1. The maximum Gasteiger partial charge on any atom is 0.0865 e. The fourth-order valence-electron chi connectivity index (χ4n) is 12.1. The number of aliphatic hydroxyl groups excluding tert-OH is 3. The molecule has 0 radical (unpaired) electrons. The third-order valence-corrected chi connectivity index (χ3v) is 13.8. The van der Waals surface area contributed by atoms with Crippen molar-refractivity contribution in [2.45, 2.75) is 142 Å². The molecule has 35 heavy (non-hydrogen) atoms. The highest BCUT2D eigenvalue weighted by atomic mass is 16.5. The van der Waals surface area contributed by atoms with Crippen molar-refractivity contribution in [2.75, 3.05) is 0 Å². The predicted octanol–water partition coefficient (Wildman–Crippen LogP) is 4.44. The van der Waals surface area contributed by atoms with E-state index in [-0.39, 0.29) is 51.1 Å². The molecule has 6 fully saturated rings. The Balaban J connectivity index is 1.37. The lowest BCUT2D eigenvalue weighted by Gasteiger charge is -2.64. The summed E-state index contributed by atoms with van der Waals surface area (Å²) in [5, 5.41) is 45.0. The second kappa shape index (κ2) is 6.86. The summed E-state index contributed by atoms with van der Waals surface area (Å²) in [5.74, 6) is 0.577. The topological polar surface area (TPSA) is 90.2 Å². The Morgan fingerprint density at radius 3 is 2.09 bits per heavy atom. The number of fused-ring (bicyclic) bond motifs is 2. The molecule has 6 aliphatic rings. The Morgan fingerprint density at radius 1 is 0.771 bits per heavy atom. The molecule has 200 valence electrons. The summed E-state index contributed by atoms with van der Waals surface area (Å²) in [6.07, 6.45) is 7.18. The number of hydrogen-bond donors (Lipinski definition) is 4. The van der Waals surface area contributed by atoms with Crippen molar-refractivity contribution in [1.29, 1.82) is 0 Å². The van der Waals surface area contributed by atoms with Crippen LogP contribution in [0.4, 0.5) is 0 Å². The first-order valence-corrected chi connectivity index (χ1v) is 14.4. The maximum absolute atomic E-state index is 11.7. The summed E-state index contributed by atoms with van der Waals surface area (Å²) in [4.78, 5) is 0. The predicted molar refractivity (Wildman–Crippen MR) is 134 cm³/mol. The Kier molecular flexibility index (Phi) is 4.92. The number of aliphatic hydroxyl groups is 4. The number of rotatable bonds is 2. The van der Waals surface area contributed by atoms with E-state index in [0.29, 0.717) is 5.92 Å². The normalized spacial score (nSPS) is 60.9. The highest BCUT2D eigenvalue weighted by molar-refractivity contribution is 5.33. The zero-order chi connectivity index (χ0) is 25.6. The van der Waals surface area contributed by atoms with Crippen LogP contribution in [0.1, 0.15) is 106 Å². The second-order valence-corrected chi connectivity index (χ2v) is 15.9. The molecule has 0 bridgehead atoms. The summed E-state index contributed by atoms with van der Waals surface area (Å²) in [6, 6.07) is 0. The van der Waals surface area contributed by atoms with Crippen LogP contribution >= 0.6 is 0 Å². The van der Waals surface area contributed by atoms with Crippen molar-refractivity contribution in [3.8, 4) is 0 Å².